The molecule has 2 N–H and O–H groups in total. The molecule has 1 saturated heterocycles. The number of rotatable bonds is 3. The van der Waals surface area contributed by atoms with E-state index in [9.17, 15) is 0 Å². The van der Waals surface area contributed by atoms with E-state index < -0.39 is 0 Å². The molecule has 0 spiro atoms. The van der Waals surface area contributed by atoms with Gasteiger partial charge in [0.1, 0.15) is 0 Å². The lowest BCUT2D eigenvalue weighted by molar-refractivity contribution is 0.563. The van der Waals surface area contributed by atoms with Crippen LogP contribution in [0.5, 0.6) is 0 Å². The molecule has 3 heteroatoms. The zero-order chi connectivity index (χ0) is 12.2. The Kier molecular flexibility index (Phi) is 3.99. The van der Waals surface area contributed by atoms with Crippen molar-refractivity contribution in [3.05, 3.63) is 17.5 Å². The topological polar surface area (TPSA) is 40.7 Å². The standard InChI is InChI=1S/C15H25N3/c1-2-4-7-12(6-3-1)14-11-17-18-15(14)10-13-8-5-9-16-13/h11-13,16H,1-10H2,(H,17,18). The zero-order valence-electron chi connectivity index (χ0n) is 11.3. The molecule has 0 bridgehead atoms. The first-order valence-electron chi connectivity index (χ1n) is 7.69. The lowest BCUT2D eigenvalue weighted by atomic mass is 9.90. The van der Waals surface area contributed by atoms with Gasteiger partial charge in [-0.15, -0.1) is 0 Å². The maximum absolute atomic E-state index is 4.32. The first kappa shape index (κ1) is 12.2. The zero-order valence-corrected chi connectivity index (χ0v) is 11.3. The third-order valence-corrected chi connectivity index (χ3v) is 4.66. The van der Waals surface area contributed by atoms with Gasteiger partial charge in [-0.25, -0.2) is 0 Å². The van der Waals surface area contributed by atoms with Crippen LogP contribution in [0.3, 0.4) is 0 Å². The summed E-state index contributed by atoms with van der Waals surface area (Å²) in [7, 11) is 0. The summed E-state index contributed by atoms with van der Waals surface area (Å²) in [6, 6.07) is 0.676. The Morgan fingerprint density at radius 3 is 2.61 bits per heavy atom. The van der Waals surface area contributed by atoms with E-state index >= 15 is 0 Å². The number of aromatic nitrogens is 2. The predicted octanol–water partition coefficient (Wildman–Crippen LogP) is 3.14. The first-order valence-corrected chi connectivity index (χ1v) is 7.69. The lowest BCUT2D eigenvalue weighted by Gasteiger charge is -2.16. The minimum absolute atomic E-state index is 0.676. The van der Waals surface area contributed by atoms with Crippen molar-refractivity contribution in [2.24, 2.45) is 0 Å². The highest BCUT2D eigenvalue weighted by Gasteiger charge is 2.22. The monoisotopic (exact) mass is 247 g/mol. The third-order valence-electron chi connectivity index (χ3n) is 4.66. The lowest BCUT2D eigenvalue weighted by Crippen LogP contribution is -2.24. The minimum Gasteiger partial charge on any atom is -0.314 e. The van der Waals surface area contributed by atoms with Crippen molar-refractivity contribution in [3.63, 3.8) is 0 Å². The molecule has 1 aromatic heterocycles. The fourth-order valence-electron chi connectivity index (χ4n) is 3.61. The molecule has 1 atom stereocenters. The van der Waals surface area contributed by atoms with Crippen LogP contribution < -0.4 is 5.32 Å². The fraction of sp³-hybridized carbons (Fsp3) is 0.800. The highest BCUT2D eigenvalue weighted by molar-refractivity contribution is 5.22. The summed E-state index contributed by atoms with van der Waals surface area (Å²) in [6.07, 6.45) is 14.3. The average molecular weight is 247 g/mol. The van der Waals surface area contributed by atoms with Gasteiger partial charge in [0.25, 0.3) is 0 Å². The summed E-state index contributed by atoms with van der Waals surface area (Å²) >= 11 is 0. The quantitative estimate of drug-likeness (QED) is 0.806. The SMILES string of the molecule is c1n[nH]c(CC2CCCN2)c1C1CCCCCC1. The Labute approximate surface area is 110 Å². The largest absolute Gasteiger partial charge is 0.314 e. The molecule has 1 aliphatic heterocycles. The van der Waals surface area contributed by atoms with Crippen LogP contribution in [0.1, 0.15) is 68.5 Å². The molecule has 2 heterocycles. The Bertz CT molecular complexity index is 358. The van der Waals surface area contributed by atoms with E-state index in [1.165, 1.54) is 69.2 Å². The highest BCUT2D eigenvalue weighted by atomic mass is 15.1. The van der Waals surface area contributed by atoms with E-state index in [0.717, 1.165) is 12.3 Å². The van der Waals surface area contributed by atoms with Crippen molar-refractivity contribution in [1.29, 1.82) is 0 Å². The molecule has 3 nitrogen and oxygen atoms in total. The Morgan fingerprint density at radius 2 is 1.89 bits per heavy atom. The molecule has 1 saturated carbocycles. The van der Waals surface area contributed by atoms with Gasteiger partial charge in [-0.3, -0.25) is 5.10 Å². The van der Waals surface area contributed by atoms with Gasteiger partial charge in [-0.2, -0.15) is 5.10 Å². The van der Waals surface area contributed by atoms with Crippen molar-refractivity contribution < 1.29 is 0 Å². The average Bonchev–Trinajstić information content (AvgIpc) is 2.97. The second-order valence-electron chi connectivity index (χ2n) is 5.99. The maximum atomic E-state index is 4.32. The predicted molar refractivity (Wildman–Crippen MR) is 73.8 cm³/mol. The van der Waals surface area contributed by atoms with Gasteiger partial charge in [0, 0.05) is 18.2 Å². The van der Waals surface area contributed by atoms with Gasteiger partial charge in [0.2, 0.25) is 0 Å². The third kappa shape index (κ3) is 2.77. The summed E-state index contributed by atoms with van der Waals surface area (Å²) < 4.78 is 0. The van der Waals surface area contributed by atoms with Gasteiger partial charge in [-0.05, 0) is 43.7 Å². The number of aromatic amines is 1. The summed E-state index contributed by atoms with van der Waals surface area (Å²) in [4.78, 5) is 0. The molecule has 0 aromatic carbocycles. The molecule has 0 radical (unpaired) electrons. The molecule has 18 heavy (non-hydrogen) atoms. The molecule has 1 aromatic rings. The van der Waals surface area contributed by atoms with E-state index in [1.54, 1.807) is 0 Å². The van der Waals surface area contributed by atoms with E-state index in [0.29, 0.717) is 6.04 Å². The van der Waals surface area contributed by atoms with E-state index in [2.05, 4.69) is 21.7 Å². The molecule has 100 valence electrons. The summed E-state index contributed by atoms with van der Waals surface area (Å²) in [6.45, 7) is 1.19. The molecular weight excluding hydrogens is 222 g/mol. The van der Waals surface area contributed by atoms with Gasteiger partial charge < -0.3 is 5.32 Å². The van der Waals surface area contributed by atoms with Crippen LogP contribution in [0, 0.1) is 0 Å². The summed E-state index contributed by atoms with van der Waals surface area (Å²) in [5, 5.41) is 11.2. The first-order chi connectivity index (χ1) is 8.93. The van der Waals surface area contributed by atoms with Crippen LogP contribution in [0.4, 0.5) is 0 Å². The second kappa shape index (κ2) is 5.87. The van der Waals surface area contributed by atoms with Crippen molar-refractivity contribution >= 4 is 0 Å². The van der Waals surface area contributed by atoms with Crippen LogP contribution >= 0.6 is 0 Å². The van der Waals surface area contributed by atoms with Crippen LogP contribution in [-0.2, 0) is 6.42 Å². The van der Waals surface area contributed by atoms with Gasteiger partial charge >= 0.3 is 0 Å². The Hall–Kier alpha value is -0.830. The van der Waals surface area contributed by atoms with Crippen molar-refractivity contribution in [3.8, 4) is 0 Å². The minimum atomic E-state index is 0.676. The van der Waals surface area contributed by atoms with Crippen LogP contribution in [0.25, 0.3) is 0 Å². The second-order valence-corrected chi connectivity index (χ2v) is 5.99. The molecule has 3 rings (SSSR count). The highest BCUT2D eigenvalue weighted by Crippen LogP contribution is 2.33. The van der Waals surface area contributed by atoms with Crippen molar-refractivity contribution in [2.45, 2.75) is 69.7 Å². The smallest absolute Gasteiger partial charge is 0.0524 e. The number of H-pyrrole nitrogens is 1. The van der Waals surface area contributed by atoms with Gasteiger partial charge in [0.15, 0.2) is 0 Å². The van der Waals surface area contributed by atoms with Crippen molar-refractivity contribution in [1.82, 2.24) is 15.5 Å². The van der Waals surface area contributed by atoms with Crippen molar-refractivity contribution in [2.75, 3.05) is 6.54 Å². The molecule has 2 aliphatic rings. The summed E-state index contributed by atoms with van der Waals surface area (Å²) in [5.41, 5.74) is 2.92. The summed E-state index contributed by atoms with van der Waals surface area (Å²) in [5.74, 6) is 0.766. The van der Waals surface area contributed by atoms with Gasteiger partial charge in [-0.1, -0.05) is 25.7 Å². The Balaban J connectivity index is 1.69. The number of hydrogen-bond donors (Lipinski definition) is 2. The normalized spacial score (nSPS) is 26.3. The van der Waals surface area contributed by atoms with Crippen LogP contribution in [0.15, 0.2) is 6.20 Å². The Morgan fingerprint density at radius 1 is 1.06 bits per heavy atom. The van der Waals surface area contributed by atoms with Crippen LogP contribution in [0.2, 0.25) is 0 Å². The molecule has 2 fully saturated rings. The maximum Gasteiger partial charge on any atom is 0.0524 e. The molecule has 0 amide bonds. The fourth-order valence-corrected chi connectivity index (χ4v) is 3.61. The number of nitrogens with zero attached hydrogens (tertiary/aromatic N) is 1. The molecular formula is C15H25N3. The van der Waals surface area contributed by atoms with E-state index in [-0.39, 0.29) is 0 Å². The van der Waals surface area contributed by atoms with E-state index in [4.69, 9.17) is 0 Å². The molecule has 1 aliphatic carbocycles. The molecule has 1 unspecified atom stereocenters. The number of hydrogen-bond acceptors (Lipinski definition) is 2. The van der Waals surface area contributed by atoms with Gasteiger partial charge in [0.05, 0.1) is 6.20 Å². The number of nitrogens with one attached hydrogen (secondary N) is 2. The van der Waals surface area contributed by atoms with Crippen LogP contribution in [-0.4, -0.2) is 22.8 Å². The van der Waals surface area contributed by atoms with E-state index in [1.807, 2.05) is 0 Å².